The van der Waals surface area contributed by atoms with Gasteiger partial charge >= 0.3 is 0 Å². The number of rotatable bonds is 2. The van der Waals surface area contributed by atoms with Crippen LogP contribution < -0.4 is 15.0 Å². The van der Waals surface area contributed by atoms with Gasteiger partial charge in [-0.05, 0) is 38.1 Å². The van der Waals surface area contributed by atoms with E-state index in [0.717, 1.165) is 37.1 Å². The van der Waals surface area contributed by atoms with Gasteiger partial charge in [0.05, 0.1) is 11.3 Å². The molecule has 2 aromatic rings. The van der Waals surface area contributed by atoms with E-state index in [4.69, 9.17) is 14.5 Å². The lowest BCUT2D eigenvalue weighted by molar-refractivity contribution is 0.0703. The Morgan fingerprint density at radius 2 is 2.03 bits per heavy atom. The molecule has 0 radical (unpaired) electrons. The molecule has 1 fully saturated rings. The number of ether oxygens (including phenoxy) is 2. The van der Waals surface area contributed by atoms with E-state index in [2.05, 4.69) is 9.88 Å². The molecule has 4 heterocycles. The molecule has 0 bridgehead atoms. The number of nitrogens with zero attached hydrogens (tertiary/aromatic N) is 3. The monoisotopic (exact) mass is 410 g/mol. The van der Waals surface area contributed by atoms with Crippen LogP contribution >= 0.6 is 0 Å². The Hall–Kier alpha value is -2.87. The number of piperidine rings is 1. The topological polar surface area (TPSA) is 87.8 Å². The normalized spacial score (nSPS) is 21.2. The Balaban J connectivity index is 1.36. The van der Waals surface area contributed by atoms with Crippen LogP contribution in [0.1, 0.15) is 46.2 Å². The first-order chi connectivity index (χ1) is 14.6. The lowest BCUT2D eigenvalue weighted by atomic mass is 9.95. The predicted octanol–water partition coefficient (Wildman–Crippen LogP) is 1.55. The second-order valence-corrected chi connectivity index (χ2v) is 8.31. The largest absolute Gasteiger partial charge is 0.486 e. The van der Waals surface area contributed by atoms with Crippen molar-refractivity contribution in [1.29, 1.82) is 0 Å². The van der Waals surface area contributed by atoms with Crippen molar-refractivity contribution >= 4 is 5.91 Å². The summed E-state index contributed by atoms with van der Waals surface area (Å²) in [5.74, 6) is 2.02. The minimum Gasteiger partial charge on any atom is -0.486 e. The van der Waals surface area contributed by atoms with E-state index in [1.807, 2.05) is 11.9 Å². The first-order valence-corrected chi connectivity index (χ1v) is 10.6. The van der Waals surface area contributed by atoms with Crippen molar-refractivity contribution < 1.29 is 14.3 Å². The molecular formula is C22H26N4O4. The van der Waals surface area contributed by atoms with Crippen molar-refractivity contribution in [2.24, 2.45) is 0 Å². The quantitative estimate of drug-likeness (QED) is 0.808. The third-order valence-corrected chi connectivity index (χ3v) is 6.16. The molecule has 30 heavy (non-hydrogen) atoms. The SMILES string of the molecule is CN1CCc2nc([C@H]3CCCN(C(=O)c4ccc5c(c4)OCCO5)C3)[nH]c(=O)c2C1. The number of fused-ring (bicyclic) bond motifs is 2. The maximum absolute atomic E-state index is 13.1. The first-order valence-electron chi connectivity index (χ1n) is 10.6. The summed E-state index contributed by atoms with van der Waals surface area (Å²) in [6.07, 6.45) is 2.58. The molecule has 1 aromatic heterocycles. The molecule has 0 saturated carbocycles. The van der Waals surface area contributed by atoms with Gasteiger partial charge in [0.15, 0.2) is 11.5 Å². The maximum Gasteiger partial charge on any atom is 0.255 e. The summed E-state index contributed by atoms with van der Waals surface area (Å²) >= 11 is 0. The Morgan fingerprint density at radius 1 is 1.20 bits per heavy atom. The van der Waals surface area contributed by atoms with E-state index in [0.29, 0.717) is 55.7 Å². The lowest BCUT2D eigenvalue weighted by Crippen LogP contribution is -2.40. The molecule has 0 unspecified atom stereocenters. The van der Waals surface area contributed by atoms with Gasteiger partial charge in [-0.25, -0.2) is 4.98 Å². The van der Waals surface area contributed by atoms with Crippen LogP contribution in [0.4, 0.5) is 0 Å². The fraction of sp³-hybridized carbons (Fsp3) is 0.500. The number of hydrogen-bond acceptors (Lipinski definition) is 6. The summed E-state index contributed by atoms with van der Waals surface area (Å²) in [7, 11) is 2.01. The van der Waals surface area contributed by atoms with Gasteiger partial charge in [-0.3, -0.25) is 9.59 Å². The van der Waals surface area contributed by atoms with Gasteiger partial charge < -0.3 is 24.3 Å². The number of H-pyrrole nitrogens is 1. The molecule has 1 aromatic carbocycles. The molecule has 0 spiro atoms. The molecule has 0 aliphatic carbocycles. The zero-order valence-corrected chi connectivity index (χ0v) is 17.1. The number of likely N-dealkylation sites (N-methyl/N-ethyl adjacent to an activating group) is 1. The first kappa shape index (κ1) is 19.1. The van der Waals surface area contributed by atoms with E-state index in [-0.39, 0.29) is 17.4 Å². The van der Waals surface area contributed by atoms with Crippen molar-refractivity contribution in [2.75, 3.05) is 39.9 Å². The molecule has 1 amide bonds. The van der Waals surface area contributed by atoms with E-state index in [1.165, 1.54) is 0 Å². The van der Waals surface area contributed by atoms with Crippen molar-refractivity contribution in [3.8, 4) is 11.5 Å². The van der Waals surface area contributed by atoms with Crippen LogP contribution in [-0.2, 0) is 13.0 Å². The van der Waals surface area contributed by atoms with Crippen LogP contribution in [0.3, 0.4) is 0 Å². The Kier molecular flexibility index (Phi) is 4.94. The van der Waals surface area contributed by atoms with Crippen molar-refractivity contribution in [3.05, 3.63) is 51.2 Å². The fourth-order valence-corrected chi connectivity index (χ4v) is 4.52. The number of hydrogen-bond donors (Lipinski definition) is 1. The summed E-state index contributed by atoms with van der Waals surface area (Å²) in [6, 6.07) is 5.34. The minimum atomic E-state index is -0.0446. The number of nitrogens with one attached hydrogen (secondary N) is 1. The maximum atomic E-state index is 13.1. The number of aromatic nitrogens is 2. The second kappa shape index (κ2) is 7.75. The zero-order chi connectivity index (χ0) is 20.7. The summed E-state index contributed by atoms with van der Waals surface area (Å²) < 4.78 is 11.2. The lowest BCUT2D eigenvalue weighted by Gasteiger charge is -2.33. The number of amides is 1. The predicted molar refractivity (Wildman–Crippen MR) is 110 cm³/mol. The smallest absolute Gasteiger partial charge is 0.255 e. The number of carbonyl (C=O) groups is 1. The number of benzene rings is 1. The van der Waals surface area contributed by atoms with E-state index >= 15 is 0 Å². The molecule has 158 valence electrons. The van der Waals surface area contributed by atoms with Gasteiger partial charge in [0.25, 0.3) is 11.5 Å². The van der Waals surface area contributed by atoms with Crippen LogP contribution in [-0.4, -0.2) is 65.6 Å². The summed E-state index contributed by atoms with van der Waals surface area (Å²) in [5.41, 5.74) is 2.22. The molecule has 1 atom stereocenters. The van der Waals surface area contributed by atoms with Crippen LogP contribution in [0, 0.1) is 0 Å². The fourth-order valence-electron chi connectivity index (χ4n) is 4.52. The molecule has 8 nitrogen and oxygen atoms in total. The molecule has 8 heteroatoms. The highest BCUT2D eigenvalue weighted by molar-refractivity contribution is 5.95. The highest BCUT2D eigenvalue weighted by atomic mass is 16.6. The van der Waals surface area contributed by atoms with Gasteiger partial charge in [-0.2, -0.15) is 0 Å². The van der Waals surface area contributed by atoms with Crippen LogP contribution in [0.5, 0.6) is 11.5 Å². The van der Waals surface area contributed by atoms with Gasteiger partial charge in [0.1, 0.15) is 19.0 Å². The van der Waals surface area contributed by atoms with Gasteiger partial charge in [-0.15, -0.1) is 0 Å². The minimum absolute atomic E-state index is 0.0291. The van der Waals surface area contributed by atoms with Crippen molar-refractivity contribution in [3.63, 3.8) is 0 Å². The second-order valence-electron chi connectivity index (χ2n) is 8.31. The highest BCUT2D eigenvalue weighted by Gasteiger charge is 2.29. The standard InChI is InChI=1S/C22H26N4O4/c1-25-8-6-17-16(13-25)21(27)24-20(23-17)15-3-2-7-26(12-15)22(28)14-4-5-18-19(11-14)30-10-9-29-18/h4-5,11,15H,2-3,6-10,12-13H2,1H3,(H,23,24,27)/t15-/m0/s1. The molecule has 1 N–H and O–H groups in total. The summed E-state index contributed by atoms with van der Waals surface area (Å²) in [4.78, 5) is 37.5. The van der Waals surface area contributed by atoms with E-state index in [9.17, 15) is 9.59 Å². The van der Waals surface area contributed by atoms with Crippen LogP contribution in [0.25, 0.3) is 0 Å². The third kappa shape index (κ3) is 3.56. The van der Waals surface area contributed by atoms with Gasteiger partial charge in [0.2, 0.25) is 0 Å². The molecule has 3 aliphatic heterocycles. The zero-order valence-electron chi connectivity index (χ0n) is 17.1. The summed E-state index contributed by atoms with van der Waals surface area (Å²) in [5, 5.41) is 0. The van der Waals surface area contributed by atoms with Crippen LogP contribution in [0.2, 0.25) is 0 Å². The molecule has 3 aliphatic rings. The summed E-state index contributed by atoms with van der Waals surface area (Å²) in [6.45, 7) is 3.80. The number of aromatic amines is 1. The van der Waals surface area contributed by atoms with Crippen molar-refractivity contribution in [1.82, 2.24) is 19.8 Å². The highest BCUT2D eigenvalue weighted by Crippen LogP contribution is 2.32. The third-order valence-electron chi connectivity index (χ3n) is 6.16. The van der Waals surface area contributed by atoms with Gasteiger partial charge in [-0.1, -0.05) is 0 Å². The van der Waals surface area contributed by atoms with E-state index < -0.39 is 0 Å². The Morgan fingerprint density at radius 3 is 2.90 bits per heavy atom. The Labute approximate surface area is 174 Å². The number of likely N-dealkylation sites (tertiary alicyclic amines) is 1. The molecular weight excluding hydrogens is 384 g/mol. The average Bonchev–Trinajstić information content (AvgIpc) is 2.78. The number of carbonyl (C=O) groups excluding carboxylic acids is 1. The molecule has 5 rings (SSSR count). The Bertz CT molecular complexity index is 1030. The van der Waals surface area contributed by atoms with Crippen LogP contribution in [0.15, 0.2) is 23.0 Å². The van der Waals surface area contributed by atoms with Gasteiger partial charge in [0, 0.05) is 44.1 Å². The van der Waals surface area contributed by atoms with E-state index in [1.54, 1.807) is 18.2 Å². The molecule has 1 saturated heterocycles. The van der Waals surface area contributed by atoms with Crippen molar-refractivity contribution in [2.45, 2.75) is 31.7 Å². The average molecular weight is 410 g/mol.